The molecule has 0 unspecified atom stereocenters. The van der Waals surface area contributed by atoms with Crippen molar-refractivity contribution in [1.29, 1.82) is 0 Å². The fourth-order valence-electron chi connectivity index (χ4n) is 2.84. The quantitative estimate of drug-likeness (QED) is 0.550. The lowest BCUT2D eigenvalue weighted by atomic mass is 10.0. The van der Waals surface area contributed by atoms with E-state index in [0.29, 0.717) is 21.3 Å². The van der Waals surface area contributed by atoms with Gasteiger partial charge in [0.05, 0.1) is 17.8 Å². The standard InChI is InChI=1S/C20H18Cl2N2O2/c1-4-26-20(25)16-10-23-18-12(3)8-14(22)9-15(18)19(16)24-17-6-5-13(21)7-11(17)2/h5-10H,4H2,1-3H3,(H,23,24). The summed E-state index contributed by atoms with van der Waals surface area (Å²) in [7, 11) is 0. The Bertz CT molecular complexity index is 1000. The molecule has 2 aromatic carbocycles. The van der Waals surface area contributed by atoms with Gasteiger partial charge in [0.25, 0.3) is 0 Å². The van der Waals surface area contributed by atoms with Crippen LogP contribution < -0.4 is 5.32 Å². The normalized spacial score (nSPS) is 10.8. The van der Waals surface area contributed by atoms with Crippen LogP contribution in [0.25, 0.3) is 10.9 Å². The van der Waals surface area contributed by atoms with Crippen LogP contribution in [0.5, 0.6) is 0 Å². The van der Waals surface area contributed by atoms with Gasteiger partial charge in [0, 0.05) is 27.3 Å². The lowest BCUT2D eigenvalue weighted by Gasteiger charge is -2.16. The molecule has 0 radical (unpaired) electrons. The number of ether oxygens (including phenoxy) is 1. The van der Waals surface area contributed by atoms with Crippen molar-refractivity contribution >= 4 is 51.4 Å². The van der Waals surface area contributed by atoms with E-state index in [2.05, 4.69) is 10.3 Å². The lowest BCUT2D eigenvalue weighted by molar-refractivity contribution is 0.0527. The topological polar surface area (TPSA) is 51.2 Å². The highest BCUT2D eigenvalue weighted by Gasteiger charge is 2.19. The summed E-state index contributed by atoms with van der Waals surface area (Å²) in [5, 5.41) is 5.33. The first kappa shape index (κ1) is 18.5. The number of hydrogen-bond donors (Lipinski definition) is 1. The second-order valence-electron chi connectivity index (χ2n) is 5.97. The van der Waals surface area contributed by atoms with Crippen LogP contribution in [-0.2, 0) is 4.74 Å². The van der Waals surface area contributed by atoms with E-state index in [0.717, 1.165) is 27.7 Å². The van der Waals surface area contributed by atoms with Crippen LogP contribution in [0.1, 0.15) is 28.4 Å². The summed E-state index contributed by atoms with van der Waals surface area (Å²) >= 11 is 12.3. The number of nitrogens with one attached hydrogen (secondary N) is 1. The van der Waals surface area contributed by atoms with Crippen LogP contribution in [0.2, 0.25) is 10.0 Å². The number of carbonyl (C=O) groups is 1. The number of pyridine rings is 1. The van der Waals surface area contributed by atoms with Crippen LogP contribution in [0, 0.1) is 13.8 Å². The molecule has 0 atom stereocenters. The Hall–Kier alpha value is -2.30. The molecule has 6 heteroatoms. The van der Waals surface area contributed by atoms with E-state index in [1.807, 2.05) is 32.0 Å². The molecule has 3 rings (SSSR count). The highest BCUT2D eigenvalue weighted by atomic mass is 35.5. The van der Waals surface area contributed by atoms with Gasteiger partial charge in [-0.2, -0.15) is 0 Å². The van der Waals surface area contributed by atoms with Gasteiger partial charge in [0.2, 0.25) is 0 Å². The number of aryl methyl sites for hydroxylation is 2. The molecule has 0 amide bonds. The SMILES string of the molecule is CCOC(=O)c1cnc2c(C)cc(Cl)cc2c1Nc1ccc(Cl)cc1C. The van der Waals surface area contributed by atoms with E-state index < -0.39 is 5.97 Å². The Labute approximate surface area is 162 Å². The summed E-state index contributed by atoms with van der Waals surface area (Å²) in [6, 6.07) is 9.17. The first-order valence-corrected chi connectivity index (χ1v) is 8.95. The molecule has 0 spiro atoms. The number of rotatable bonds is 4. The van der Waals surface area contributed by atoms with E-state index in [1.165, 1.54) is 6.20 Å². The molecule has 0 bridgehead atoms. The number of fused-ring (bicyclic) bond motifs is 1. The highest BCUT2D eigenvalue weighted by molar-refractivity contribution is 6.32. The molecule has 134 valence electrons. The summed E-state index contributed by atoms with van der Waals surface area (Å²) in [6.45, 7) is 5.93. The molecule has 3 aromatic rings. The maximum absolute atomic E-state index is 12.5. The second kappa shape index (κ2) is 7.52. The van der Waals surface area contributed by atoms with Crippen molar-refractivity contribution in [1.82, 2.24) is 4.98 Å². The molecule has 4 nitrogen and oxygen atoms in total. The van der Waals surface area contributed by atoms with Crippen LogP contribution >= 0.6 is 23.2 Å². The first-order valence-electron chi connectivity index (χ1n) is 8.20. The summed E-state index contributed by atoms with van der Waals surface area (Å²) in [5.41, 5.74) is 4.47. The van der Waals surface area contributed by atoms with Crippen molar-refractivity contribution in [3.63, 3.8) is 0 Å². The zero-order chi connectivity index (χ0) is 18.8. The minimum absolute atomic E-state index is 0.283. The number of esters is 1. The van der Waals surface area contributed by atoms with Gasteiger partial charge in [0.15, 0.2) is 0 Å². The van der Waals surface area contributed by atoms with Crippen LogP contribution in [0.4, 0.5) is 11.4 Å². The van der Waals surface area contributed by atoms with Gasteiger partial charge >= 0.3 is 5.97 Å². The number of anilines is 2. The summed E-state index contributed by atoms with van der Waals surface area (Å²) in [4.78, 5) is 16.9. The molecule has 0 aliphatic carbocycles. The van der Waals surface area contributed by atoms with Crippen molar-refractivity contribution in [2.24, 2.45) is 0 Å². The minimum Gasteiger partial charge on any atom is -0.462 e. The van der Waals surface area contributed by atoms with E-state index in [1.54, 1.807) is 19.1 Å². The maximum atomic E-state index is 12.5. The molecule has 0 aliphatic rings. The van der Waals surface area contributed by atoms with Crippen molar-refractivity contribution < 1.29 is 9.53 Å². The lowest BCUT2D eigenvalue weighted by Crippen LogP contribution is -2.10. The fraction of sp³-hybridized carbons (Fsp3) is 0.200. The van der Waals surface area contributed by atoms with Gasteiger partial charge in [-0.1, -0.05) is 23.2 Å². The van der Waals surface area contributed by atoms with E-state index in [-0.39, 0.29) is 6.61 Å². The largest absolute Gasteiger partial charge is 0.462 e. The molecular weight excluding hydrogens is 371 g/mol. The number of aromatic nitrogens is 1. The first-order chi connectivity index (χ1) is 12.4. The predicted octanol–water partition coefficient (Wildman–Crippen LogP) is 6.08. The van der Waals surface area contributed by atoms with Crippen molar-refractivity contribution in [3.8, 4) is 0 Å². The molecule has 0 saturated carbocycles. The second-order valence-corrected chi connectivity index (χ2v) is 6.84. The Balaban J connectivity index is 2.24. The fourth-order valence-corrected chi connectivity index (χ4v) is 3.34. The molecule has 26 heavy (non-hydrogen) atoms. The van der Waals surface area contributed by atoms with Gasteiger partial charge in [-0.15, -0.1) is 0 Å². The number of benzene rings is 2. The number of nitrogens with zero attached hydrogens (tertiary/aromatic N) is 1. The van der Waals surface area contributed by atoms with Gasteiger partial charge in [-0.25, -0.2) is 4.79 Å². The Morgan fingerprint density at radius 1 is 1.12 bits per heavy atom. The average molecular weight is 389 g/mol. The Kier molecular flexibility index (Phi) is 5.35. The zero-order valence-corrected chi connectivity index (χ0v) is 16.2. The van der Waals surface area contributed by atoms with E-state index >= 15 is 0 Å². The third-order valence-electron chi connectivity index (χ3n) is 4.07. The zero-order valence-electron chi connectivity index (χ0n) is 14.7. The molecule has 1 N–H and O–H groups in total. The van der Waals surface area contributed by atoms with Gasteiger partial charge in [0.1, 0.15) is 5.56 Å². The highest BCUT2D eigenvalue weighted by Crippen LogP contribution is 2.34. The monoisotopic (exact) mass is 388 g/mol. The van der Waals surface area contributed by atoms with Crippen molar-refractivity contribution in [3.05, 3.63) is 63.3 Å². The van der Waals surface area contributed by atoms with Gasteiger partial charge < -0.3 is 10.1 Å². The average Bonchev–Trinajstić information content (AvgIpc) is 2.57. The third-order valence-corrected chi connectivity index (χ3v) is 4.52. The maximum Gasteiger partial charge on any atom is 0.341 e. The Morgan fingerprint density at radius 2 is 1.85 bits per heavy atom. The molecule has 0 saturated heterocycles. The van der Waals surface area contributed by atoms with Gasteiger partial charge in [-0.3, -0.25) is 4.98 Å². The summed E-state index contributed by atoms with van der Waals surface area (Å²) < 4.78 is 5.19. The predicted molar refractivity (Wildman–Crippen MR) is 107 cm³/mol. The number of carbonyl (C=O) groups excluding carboxylic acids is 1. The van der Waals surface area contributed by atoms with Crippen LogP contribution in [0.15, 0.2) is 36.5 Å². The minimum atomic E-state index is -0.436. The van der Waals surface area contributed by atoms with Crippen molar-refractivity contribution in [2.75, 3.05) is 11.9 Å². The van der Waals surface area contributed by atoms with Crippen LogP contribution in [-0.4, -0.2) is 17.6 Å². The third kappa shape index (κ3) is 3.62. The van der Waals surface area contributed by atoms with Gasteiger partial charge in [-0.05, 0) is 62.2 Å². The number of halogens is 2. The molecule has 1 aromatic heterocycles. The van der Waals surface area contributed by atoms with Crippen molar-refractivity contribution in [2.45, 2.75) is 20.8 Å². The van der Waals surface area contributed by atoms with E-state index in [4.69, 9.17) is 27.9 Å². The smallest absolute Gasteiger partial charge is 0.341 e. The molecule has 0 fully saturated rings. The summed E-state index contributed by atoms with van der Waals surface area (Å²) in [5.74, 6) is -0.436. The van der Waals surface area contributed by atoms with Crippen LogP contribution in [0.3, 0.4) is 0 Å². The molecule has 1 heterocycles. The summed E-state index contributed by atoms with van der Waals surface area (Å²) in [6.07, 6.45) is 1.54. The van der Waals surface area contributed by atoms with E-state index in [9.17, 15) is 4.79 Å². The molecular formula is C20H18Cl2N2O2. The Morgan fingerprint density at radius 3 is 2.54 bits per heavy atom. The number of hydrogen-bond acceptors (Lipinski definition) is 4. The molecule has 0 aliphatic heterocycles.